The minimum atomic E-state index is -4.32. The summed E-state index contributed by atoms with van der Waals surface area (Å²) in [4.78, 5) is 12.9. The van der Waals surface area contributed by atoms with Crippen molar-refractivity contribution >= 4 is 25.6 Å². The van der Waals surface area contributed by atoms with Crippen molar-refractivity contribution in [2.24, 2.45) is 5.92 Å². The maximum atomic E-state index is 14.1. The number of sulfone groups is 2. The van der Waals surface area contributed by atoms with Crippen molar-refractivity contribution in [3.8, 4) is 11.5 Å². The molecule has 0 aliphatic heterocycles. The van der Waals surface area contributed by atoms with Crippen LogP contribution in [0.2, 0.25) is 0 Å². The zero-order valence-electron chi connectivity index (χ0n) is 22.7. The van der Waals surface area contributed by atoms with Crippen LogP contribution < -0.4 is 15.0 Å². The number of hydrogen-bond acceptors (Lipinski definition) is 8. The van der Waals surface area contributed by atoms with Gasteiger partial charge in [0.15, 0.2) is 31.2 Å². The van der Waals surface area contributed by atoms with E-state index in [1.54, 1.807) is 18.2 Å². The van der Waals surface area contributed by atoms with Gasteiger partial charge >= 0.3 is 0 Å². The molecule has 0 radical (unpaired) electrons. The zero-order chi connectivity index (χ0) is 29.3. The summed E-state index contributed by atoms with van der Waals surface area (Å²) in [6, 6.07) is 21.2. The molecule has 1 amide bonds. The second-order valence-electron chi connectivity index (χ2n) is 9.40. The van der Waals surface area contributed by atoms with Gasteiger partial charge in [-0.05, 0) is 56.0 Å². The molecule has 0 aliphatic carbocycles. The van der Waals surface area contributed by atoms with Gasteiger partial charge < -0.3 is 9.47 Å². The van der Waals surface area contributed by atoms with Gasteiger partial charge in [-0.1, -0.05) is 55.0 Å². The van der Waals surface area contributed by atoms with Crippen LogP contribution in [-0.2, 0) is 30.9 Å². The third-order valence-electron chi connectivity index (χ3n) is 7.01. The molecule has 3 aromatic carbocycles. The third-order valence-corrected chi connectivity index (χ3v) is 11.4. The molecule has 0 aromatic heterocycles. The molecule has 216 valence electrons. The molecule has 0 heterocycles. The predicted octanol–water partition coefficient (Wildman–Crippen LogP) is 4.24. The normalized spacial score (nSPS) is 14.1. The summed E-state index contributed by atoms with van der Waals surface area (Å²) in [5, 5.41) is 6.67. The van der Waals surface area contributed by atoms with E-state index in [0.717, 1.165) is 5.56 Å². The zero-order valence-corrected chi connectivity index (χ0v) is 24.3. The van der Waals surface area contributed by atoms with Crippen LogP contribution >= 0.6 is 0 Å². The Morgan fingerprint density at radius 3 is 1.98 bits per heavy atom. The first kappa shape index (κ1) is 31.1. The fraction of sp³-hybridized carbons (Fsp3) is 0.345. The van der Waals surface area contributed by atoms with E-state index in [-0.39, 0.29) is 22.0 Å². The molecule has 11 heteroatoms. The first-order valence-corrected chi connectivity index (χ1v) is 15.9. The summed E-state index contributed by atoms with van der Waals surface area (Å²) in [5.41, 5.74) is 2.59. The quantitative estimate of drug-likeness (QED) is 0.162. The lowest BCUT2D eigenvalue weighted by Gasteiger charge is -2.30. The van der Waals surface area contributed by atoms with Gasteiger partial charge in [0.25, 0.3) is 0 Å². The number of carbonyl (C=O) groups is 1. The number of aryl methyl sites for hydroxylation is 1. The third kappa shape index (κ3) is 7.01. The highest BCUT2D eigenvalue weighted by molar-refractivity contribution is 7.93. The predicted molar refractivity (Wildman–Crippen MR) is 151 cm³/mol. The summed E-state index contributed by atoms with van der Waals surface area (Å²) in [5.74, 6) is -2.24. The lowest BCUT2D eigenvalue weighted by atomic mass is 9.95. The summed E-state index contributed by atoms with van der Waals surface area (Å²) >= 11 is 0. The van der Waals surface area contributed by atoms with Crippen molar-refractivity contribution in [2.45, 2.75) is 52.9 Å². The highest BCUT2D eigenvalue weighted by Crippen LogP contribution is 2.36. The SMILES string of the molecule is COc1ccc(S(=O)(=O)C(CCCCc2ccccc2)C(C(=O)NO)C(C)S(=O)(=O)c2ccccc2)cc1OC. The topological polar surface area (TPSA) is 136 Å². The molecule has 0 spiro atoms. The number of carbonyl (C=O) groups excluding carboxylic acids is 1. The molecule has 0 aliphatic rings. The van der Waals surface area contributed by atoms with Crippen LogP contribution in [0, 0.1) is 5.92 Å². The van der Waals surface area contributed by atoms with E-state index in [4.69, 9.17) is 9.47 Å². The van der Waals surface area contributed by atoms with Crippen molar-refractivity contribution in [1.82, 2.24) is 5.48 Å². The van der Waals surface area contributed by atoms with Gasteiger partial charge in [0, 0.05) is 6.07 Å². The number of methoxy groups -OCH3 is 2. The molecule has 40 heavy (non-hydrogen) atoms. The van der Waals surface area contributed by atoms with E-state index in [9.17, 15) is 26.8 Å². The van der Waals surface area contributed by atoms with E-state index in [2.05, 4.69) is 0 Å². The molecule has 2 N–H and O–H groups in total. The molecule has 0 saturated heterocycles. The number of ether oxygens (including phenoxy) is 2. The van der Waals surface area contributed by atoms with Gasteiger partial charge in [0.05, 0.1) is 40.4 Å². The lowest BCUT2D eigenvalue weighted by molar-refractivity contribution is -0.133. The monoisotopic (exact) mass is 589 g/mol. The van der Waals surface area contributed by atoms with Gasteiger partial charge in [0.2, 0.25) is 5.91 Å². The molecule has 0 saturated carbocycles. The van der Waals surface area contributed by atoms with E-state index in [0.29, 0.717) is 25.0 Å². The Labute approximate surface area is 235 Å². The van der Waals surface area contributed by atoms with E-state index < -0.39 is 42.0 Å². The number of amides is 1. The van der Waals surface area contributed by atoms with Crippen LogP contribution in [0.15, 0.2) is 88.7 Å². The molecule has 3 aromatic rings. The summed E-state index contributed by atoms with van der Waals surface area (Å²) in [6.07, 6.45) is 1.66. The first-order chi connectivity index (χ1) is 19.1. The fourth-order valence-electron chi connectivity index (χ4n) is 4.79. The lowest BCUT2D eigenvalue weighted by Crippen LogP contribution is -2.48. The van der Waals surface area contributed by atoms with Crippen LogP contribution in [0.4, 0.5) is 0 Å². The molecule has 9 nitrogen and oxygen atoms in total. The van der Waals surface area contributed by atoms with E-state index >= 15 is 0 Å². The molecule has 3 unspecified atom stereocenters. The number of unbranched alkanes of at least 4 members (excludes halogenated alkanes) is 1. The first-order valence-electron chi connectivity index (χ1n) is 12.8. The minimum absolute atomic E-state index is 0.0176. The van der Waals surface area contributed by atoms with Crippen LogP contribution in [0.1, 0.15) is 31.7 Å². The Kier molecular flexibility index (Phi) is 10.7. The van der Waals surface area contributed by atoms with Crippen molar-refractivity contribution in [2.75, 3.05) is 14.2 Å². The van der Waals surface area contributed by atoms with Crippen molar-refractivity contribution in [3.63, 3.8) is 0 Å². The van der Waals surface area contributed by atoms with Crippen LogP contribution in [0.3, 0.4) is 0 Å². The molecule has 3 atom stereocenters. The molecule has 3 rings (SSSR count). The van der Waals surface area contributed by atoms with Crippen molar-refractivity contribution in [1.29, 1.82) is 0 Å². The van der Waals surface area contributed by atoms with Gasteiger partial charge in [-0.3, -0.25) is 10.0 Å². The van der Waals surface area contributed by atoms with E-state index in [1.165, 1.54) is 57.0 Å². The summed E-state index contributed by atoms with van der Waals surface area (Å²) in [6.45, 7) is 1.29. The second-order valence-corrected chi connectivity index (χ2v) is 13.9. The minimum Gasteiger partial charge on any atom is -0.493 e. The van der Waals surface area contributed by atoms with Crippen LogP contribution in [-0.4, -0.2) is 52.7 Å². The Hall–Kier alpha value is -3.41. The van der Waals surface area contributed by atoms with Crippen molar-refractivity contribution < 1.29 is 36.3 Å². The maximum Gasteiger partial charge on any atom is 0.249 e. The highest BCUT2D eigenvalue weighted by Gasteiger charge is 2.46. The van der Waals surface area contributed by atoms with Gasteiger partial charge in [0.1, 0.15) is 0 Å². The second kappa shape index (κ2) is 13.8. The molecule has 0 bridgehead atoms. The Morgan fingerprint density at radius 1 is 0.800 bits per heavy atom. The number of hydrogen-bond donors (Lipinski definition) is 2. The summed E-state index contributed by atoms with van der Waals surface area (Å²) < 4.78 is 65.9. The number of benzene rings is 3. The Balaban J connectivity index is 2.06. The number of rotatable bonds is 14. The maximum absolute atomic E-state index is 14.1. The van der Waals surface area contributed by atoms with E-state index in [1.807, 2.05) is 30.3 Å². The average Bonchev–Trinajstić information content (AvgIpc) is 2.98. The van der Waals surface area contributed by atoms with Crippen molar-refractivity contribution in [3.05, 3.63) is 84.4 Å². The number of nitrogens with one attached hydrogen (secondary N) is 1. The van der Waals surface area contributed by atoms with Crippen LogP contribution in [0.25, 0.3) is 0 Å². The smallest absolute Gasteiger partial charge is 0.249 e. The van der Waals surface area contributed by atoms with Gasteiger partial charge in [-0.25, -0.2) is 22.3 Å². The highest BCUT2D eigenvalue weighted by atomic mass is 32.2. The van der Waals surface area contributed by atoms with Crippen LogP contribution in [0.5, 0.6) is 11.5 Å². The standard InChI is InChI=1S/C29H35NO8S2/c1-21(39(33,34)23-15-8-5-9-16-23)28(29(31)30-32)27(17-11-10-14-22-12-6-4-7-13-22)40(35,36)24-18-19-25(37-2)26(20-24)38-3/h4-9,12-13,15-16,18-21,27-28,32H,10-11,14,17H2,1-3H3,(H,30,31). The molecular weight excluding hydrogens is 554 g/mol. The summed E-state index contributed by atoms with van der Waals surface area (Å²) in [7, 11) is -5.69. The Morgan fingerprint density at radius 2 is 1.40 bits per heavy atom. The largest absolute Gasteiger partial charge is 0.493 e. The molecule has 0 fully saturated rings. The van der Waals surface area contributed by atoms with Gasteiger partial charge in [-0.15, -0.1) is 0 Å². The fourth-order valence-corrected chi connectivity index (χ4v) is 8.66. The van der Waals surface area contributed by atoms with Gasteiger partial charge in [-0.2, -0.15) is 0 Å². The Bertz CT molecular complexity index is 1480. The average molecular weight is 590 g/mol. The number of hydroxylamine groups is 1. The molecular formula is C29H35NO8S2.